The summed E-state index contributed by atoms with van der Waals surface area (Å²) < 4.78 is 0. The standard InChI is InChI=1S/C15H10N2O2/c16-11-14(9-12-5-2-1-3-6-12)13-7-4-8-15(10-13)17(18)19/h1-10H/b14-9+. The molecule has 0 N–H and O–H groups in total. The molecule has 0 saturated carbocycles. The number of nitro benzene ring substituents is 1. The summed E-state index contributed by atoms with van der Waals surface area (Å²) in [5, 5.41) is 19.9. The average molecular weight is 250 g/mol. The van der Waals surface area contributed by atoms with E-state index in [-0.39, 0.29) is 5.69 Å². The summed E-state index contributed by atoms with van der Waals surface area (Å²) in [6.45, 7) is 0. The first kappa shape index (κ1) is 12.5. The molecule has 92 valence electrons. The fourth-order valence-corrected chi connectivity index (χ4v) is 1.68. The van der Waals surface area contributed by atoms with Gasteiger partial charge in [0.15, 0.2) is 0 Å². The van der Waals surface area contributed by atoms with Crippen molar-refractivity contribution in [3.8, 4) is 6.07 Å². The van der Waals surface area contributed by atoms with Gasteiger partial charge in [-0.15, -0.1) is 0 Å². The van der Waals surface area contributed by atoms with Crippen molar-refractivity contribution >= 4 is 17.3 Å². The van der Waals surface area contributed by atoms with Crippen LogP contribution in [0.3, 0.4) is 0 Å². The summed E-state index contributed by atoms with van der Waals surface area (Å²) in [7, 11) is 0. The van der Waals surface area contributed by atoms with Gasteiger partial charge in [-0.1, -0.05) is 42.5 Å². The van der Waals surface area contributed by atoms with Gasteiger partial charge in [0.1, 0.15) is 0 Å². The molecule has 0 aromatic heterocycles. The molecule has 0 heterocycles. The van der Waals surface area contributed by atoms with E-state index in [4.69, 9.17) is 0 Å². The second-order valence-corrected chi connectivity index (χ2v) is 3.89. The number of nitro groups is 1. The fraction of sp³-hybridized carbons (Fsp3) is 0. The van der Waals surface area contributed by atoms with Gasteiger partial charge in [0.05, 0.1) is 16.6 Å². The topological polar surface area (TPSA) is 66.9 Å². The van der Waals surface area contributed by atoms with Gasteiger partial charge in [0, 0.05) is 12.1 Å². The van der Waals surface area contributed by atoms with Crippen LogP contribution in [-0.2, 0) is 0 Å². The highest BCUT2D eigenvalue weighted by atomic mass is 16.6. The Morgan fingerprint density at radius 1 is 1.16 bits per heavy atom. The van der Waals surface area contributed by atoms with E-state index in [0.29, 0.717) is 11.1 Å². The van der Waals surface area contributed by atoms with Crippen LogP contribution >= 0.6 is 0 Å². The quantitative estimate of drug-likeness (QED) is 0.361. The molecule has 0 aliphatic rings. The summed E-state index contributed by atoms with van der Waals surface area (Å²) in [6.07, 6.45) is 1.71. The molecule has 4 heteroatoms. The Bertz CT molecular complexity index is 670. The minimum absolute atomic E-state index is 0.0216. The maximum Gasteiger partial charge on any atom is 0.270 e. The minimum Gasteiger partial charge on any atom is -0.258 e. The molecule has 0 atom stereocenters. The van der Waals surface area contributed by atoms with Crippen molar-refractivity contribution in [2.45, 2.75) is 0 Å². The maximum atomic E-state index is 10.7. The lowest BCUT2D eigenvalue weighted by molar-refractivity contribution is -0.384. The van der Waals surface area contributed by atoms with Crippen molar-refractivity contribution in [1.82, 2.24) is 0 Å². The number of benzene rings is 2. The van der Waals surface area contributed by atoms with E-state index >= 15 is 0 Å². The molecule has 19 heavy (non-hydrogen) atoms. The van der Waals surface area contributed by atoms with Crippen LogP contribution in [0.25, 0.3) is 11.6 Å². The molecule has 0 spiro atoms. The van der Waals surface area contributed by atoms with Crippen molar-refractivity contribution in [2.75, 3.05) is 0 Å². The first-order chi connectivity index (χ1) is 9.20. The lowest BCUT2D eigenvalue weighted by Gasteiger charge is -2.00. The number of hydrogen-bond donors (Lipinski definition) is 0. The molecule has 0 radical (unpaired) electrons. The van der Waals surface area contributed by atoms with Crippen LogP contribution < -0.4 is 0 Å². The zero-order valence-corrected chi connectivity index (χ0v) is 9.98. The number of rotatable bonds is 3. The monoisotopic (exact) mass is 250 g/mol. The van der Waals surface area contributed by atoms with Gasteiger partial charge in [-0.05, 0) is 17.2 Å². The lowest BCUT2D eigenvalue weighted by Crippen LogP contribution is -1.89. The Morgan fingerprint density at radius 2 is 1.89 bits per heavy atom. The van der Waals surface area contributed by atoms with Crippen LogP contribution in [0.5, 0.6) is 0 Å². The van der Waals surface area contributed by atoms with Gasteiger partial charge in [-0.2, -0.15) is 5.26 Å². The molecule has 0 bridgehead atoms. The van der Waals surface area contributed by atoms with Gasteiger partial charge in [0.2, 0.25) is 0 Å². The molecule has 0 aliphatic carbocycles. The van der Waals surface area contributed by atoms with Gasteiger partial charge >= 0.3 is 0 Å². The third-order valence-corrected chi connectivity index (χ3v) is 2.60. The van der Waals surface area contributed by atoms with Crippen LogP contribution in [0.1, 0.15) is 11.1 Å². The molecule has 2 rings (SSSR count). The normalized spacial score (nSPS) is 10.8. The highest BCUT2D eigenvalue weighted by Gasteiger charge is 2.08. The average Bonchev–Trinajstić information content (AvgIpc) is 2.46. The summed E-state index contributed by atoms with van der Waals surface area (Å²) in [4.78, 5) is 10.3. The van der Waals surface area contributed by atoms with Crippen molar-refractivity contribution in [1.29, 1.82) is 5.26 Å². The van der Waals surface area contributed by atoms with Crippen LogP contribution in [0.15, 0.2) is 54.6 Å². The smallest absolute Gasteiger partial charge is 0.258 e. The van der Waals surface area contributed by atoms with Crippen molar-refractivity contribution in [3.05, 3.63) is 75.8 Å². The van der Waals surface area contributed by atoms with E-state index in [1.54, 1.807) is 18.2 Å². The number of nitriles is 1. The second-order valence-electron chi connectivity index (χ2n) is 3.89. The van der Waals surface area contributed by atoms with Crippen molar-refractivity contribution < 1.29 is 4.92 Å². The first-order valence-electron chi connectivity index (χ1n) is 5.62. The van der Waals surface area contributed by atoms with E-state index in [1.165, 1.54) is 12.1 Å². The molecular formula is C15H10N2O2. The summed E-state index contributed by atoms with van der Waals surface area (Å²) >= 11 is 0. The Balaban J connectivity index is 2.44. The molecule has 0 unspecified atom stereocenters. The Labute approximate surface area is 110 Å². The third kappa shape index (κ3) is 3.05. The number of nitrogens with zero attached hydrogens (tertiary/aromatic N) is 2. The maximum absolute atomic E-state index is 10.7. The van der Waals surface area contributed by atoms with Gasteiger partial charge in [-0.3, -0.25) is 10.1 Å². The zero-order chi connectivity index (χ0) is 13.7. The van der Waals surface area contributed by atoms with E-state index in [2.05, 4.69) is 6.07 Å². The highest BCUT2D eigenvalue weighted by Crippen LogP contribution is 2.21. The van der Waals surface area contributed by atoms with Crippen LogP contribution in [0.2, 0.25) is 0 Å². The lowest BCUT2D eigenvalue weighted by atomic mass is 10.0. The van der Waals surface area contributed by atoms with Gasteiger partial charge in [0.25, 0.3) is 5.69 Å². The predicted molar refractivity (Wildman–Crippen MR) is 73.0 cm³/mol. The SMILES string of the molecule is N#C/C(=C\c1ccccc1)c1cccc([N+](=O)[O-])c1. The largest absolute Gasteiger partial charge is 0.270 e. The van der Waals surface area contributed by atoms with E-state index < -0.39 is 4.92 Å². The Kier molecular flexibility index (Phi) is 3.70. The van der Waals surface area contributed by atoms with Crippen LogP contribution in [0, 0.1) is 21.4 Å². The fourth-order valence-electron chi connectivity index (χ4n) is 1.68. The van der Waals surface area contributed by atoms with Crippen molar-refractivity contribution in [2.24, 2.45) is 0 Å². The molecule has 2 aromatic rings. The van der Waals surface area contributed by atoms with Crippen molar-refractivity contribution in [3.63, 3.8) is 0 Å². The van der Waals surface area contributed by atoms with Gasteiger partial charge in [-0.25, -0.2) is 0 Å². The van der Waals surface area contributed by atoms with Crippen LogP contribution in [-0.4, -0.2) is 4.92 Å². The molecule has 0 aliphatic heterocycles. The second kappa shape index (κ2) is 5.61. The predicted octanol–water partition coefficient (Wildman–Crippen LogP) is 3.66. The summed E-state index contributed by atoms with van der Waals surface area (Å²) in [6, 6.07) is 17.5. The van der Waals surface area contributed by atoms with Gasteiger partial charge < -0.3 is 0 Å². The molecule has 2 aromatic carbocycles. The molecule has 4 nitrogen and oxygen atoms in total. The number of hydrogen-bond acceptors (Lipinski definition) is 3. The first-order valence-corrected chi connectivity index (χ1v) is 5.62. The molecule has 0 fully saturated rings. The zero-order valence-electron chi connectivity index (χ0n) is 9.98. The molecule has 0 saturated heterocycles. The Morgan fingerprint density at radius 3 is 2.53 bits per heavy atom. The van der Waals surface area contributed by atoms with Crippen LogP contribution in [0.4, 0.5) is 5.69 Å². The Hall–Kier alpha value is -2.93. The minimum atomic E-state index is -0.471. The third-order valence-electron chi connectivity index (χ3n) is 2.60. The summed E-state index contributed by atoms with van der Waals surface area (Å²) in [5.41, 5.74) is 1.80. The number of allylic oxidation sites excluding steroid dienone is 1. The van der Waals surface area contributed by atoms with E-state index in [9.17, 15) is 15.4 Å². The molecule has 0 amide bonds. The van der Waals surface area contributed by atoms with E-state index in [0.717, 1.165) is 5.56 Å². The van der Waals surface area contributed by atoms with E-state index in [1.807, 2.05) is 30.3 Å². The highest BCUT2D eigenvalue weighted by molar-refractivity contribution is 5.90. The summed E-state index contributed by atoms with van der Waals surface area (Å²) in [5.74, 6) is 0. The number of non-ortho nitro benzene ring substituents is 1. The molecular weight excluding hydrogens is 240 g/mol.